The fourth-order valence-electron chi connectivity index (χ4n) is 3.95. The molecule has 2 aromatic rings. The summed E-state index contributed by atoms with van der Waals surface area (Å²) in [4.78, 5) is 18.6. The highest BCUT2D eigenvalue weighted by Gasteiger charge is 2.29. The highest BCUT2D eigenvalue weighted by atomic mass is 32.2. The Bertz CT molecular complexity index is 1180. The number of aromatic nitrogens is 1. The normalized spacial score (nSPS) is 17.9. The summed E-state index contributed by atoms with van der Waals surface area (Å²) in [6, 6.07) is 8.30. The number of amides is 1. The summed E-state index contributed by atoms with van der Waals surface area (Å²) in [5, 5.41) is 0. The van der Waals surface area contributed by atoms with Crippen LogP contribution in [0, 0.1) is 0 Å². The molecule has 172 valence electrons. The van der Waals surface area contributed by atoms with E-state index >= 15 is 0 Å². The molecule has 2 aliphatic rings. The zero-order valence-corrected chi connectivity index (χ0v) is 19.2. The highest BCUT2D eigenvalue weighted by molar-refractivity contribution is 7.90. The number of anilines is 1. The van der Waals surface area contributed by atoms with Crippen molar-refractivity contribution in [2.75, 3.05) is 31.1 Å². The first-order valence-corrected chi connectivity index (χ1v) is 13.6. The molecule has 0 aliphatic carbocycles. The van der Waals surface area contributed by atoms with Crippen molar-refractivity contribution in [3.8, 4) is 0 Å². The molecule has 3 heterocycles. The summed E-state index contributed by atoms with van der Waals surface area (Å²) in [5.41, 5.74) is 0.107. The van der Waals surface area contributed by atoms with Gasteiger partial charge in [-0.1, -0.05) is 6.07 Å². The van der Waals surface area contributed by atoms with Crippen molar-refractivity contribution in [1.29, 1.82) is 0 Å². The second kappa shape index (κ2) is 9.16. The number of benzene rings is 1. The van der Waals surface area contributed by atoms with E-state index in [-0.39, 0.29) is 15.4 Å². The fourth-order valence-corrected chi connectivity index (χ4v) is 6.61. The van der Waals surface area contributed by atoms with Gasteiger partial charge in [0, 0.05) is 32.4 Å². The van der Waals surface area contributed by atoms with Gasteiger partial charge in [-0.05, 0) is 62.4 Å². The van der Waals surface area contributed by atoms with Gasteiger partial charge in [0.25, 0.3) is 15.9 Å². The lowest BCUT2D eigenvalue weighted by Gasteiger charge is -2.27. The molecule has 32 heavy (non-hydrogen) atoms. The molecule has 2 aliphatic heterocycles. The van der Waals surface area contributed by atoms with Gasteiger partial charge in [-0.2, -0.15) is 4.31 Å². The average Bonchev–Trinajstić information content (AvgIpc) is 3.36. The van der Waals surface area contributed by atoms with E-state index in [0.29, 0.717) is 13.1 Å². The van der Waals surface area contributed by atoms with Crippen LogP contribution in [0.2, 0.25) is 0 Å². The first kappa shape index (κ1) is 22.7. The third-order valence-electron chi connectivity index (χ3n) is 5.74. The number of rotatable bonds is 6. The highest BCUT2D eigenvalue weighted by Crippen LogP contribution is 2.23. The Labute approximate surface area is 188 Å². The van der Waals surface area contributed by atoms with E-state index in [1.54, 1.807) is 6.07 Å². The predicted molar refractivity (Wildman–Crippen MR) is 119 cm³/mol. The quantitative estimate of drug-likeness (QED) is 0.675. The number of hydrogen-bond donors (Lipinski definition) is 1. The van der Waals surface area contributed by atoms with Crippen LogP contribution in [-0.2, 0) is 20.0 Å². The first-order chi connectivity index (χ1) is 15.3. The lowest BCUT2D eigenvalue weighted by molar-refractivity contribution is 0.0981. The molecule has 0 radical (unpaired) electrons. The van der Waals surface area contributed by atoms with Crippen LogP contribution in [0.1, 0.15) is 42.5 Å². The van der Waals surface area contributed by atoms with Crippen LogP contribution in [0.4, 0.5) is 5.82 Å². The van der Waals surface area contributed by atoms with Gasteiger partial charge in [0.2, 0.25) is 10.0 Å². The molecule has 0 spiro atoms. The van der Waals surface area contributed by atoms with Crippen LogP contribution in [0.5, 0.6) is 0 Å². The maximum atomic E-state index is 12.8. The minimum Gasteiger partial charge on any atom is -0.357 e. The number of sulfonamides is 2. The number of pyridine rings is 1. The third kappa shape index (κ3) is 4.79. The standard InChI is InChI=1S/C21H26N4O5S2/c26-21(17-9-10-20(22-16-17)24-11-2-1-3-12-24)23-31(27,28)18-7-6-8-19(15-18)32(29,30)25-13-4-5-14-25/h6-10,15-16H,1-5,11-14H2,(H,23,26). The van der Waals surface area contributed by atoms with Gasteiger partial charge in [-0.3, -0.25) is 4.79 Å². The van der Waals surface area contributed by atoms with Gasteiger partial charge in [0.15, 0.2) is 0 Å². The monoisotopic (exact) mass is 478 g/mol. The van der Waals surface area contributed by atoms with E-state index in [2.05, 4.69) is 9.88 Å². The first-order valence-electron chi connectivity index (χ1n) is 10.7. The van der Waals surface area contributed by atoms with Crippen molar-refractivity contribution in [1.82, 2.24) is 14.0 Å². The van der Waals surface area contributed by atoms with E-state index in [4.69, 9.17) is 0 Å². The Balaban J connectivity index is 1.50. The van der Waals surface area contributed by atoms with E-state index in [9.17, 15) is 21.6 Å². The molecule has 0 atom stereocenters. The van der Waals surface area contributed by atoms with Crippen LogP contribution in [0.3, 0.4) is 0 Å². The second-order valence-corrected chi connectivity index (χ2v) is 11.6. The summed E-state index contributed by atoms with van der Waals surface area (Å²) in [6.07, 6.45) is 6.28. The van der Waals surface area contributed by atoms with Crippen molar-refractivity contribution in [3.63, 3.8) is 0 Å². The molecule has 0 saturated carbocycles. The minimum atomic E-state index is -4.27. The zero-order chi connectivity index (χ0) is 22.8. The topological polar surface area (TPSA) is 117 Å². The Hall–Kier alpha value is -2.50. The van der Waals surface area contributed by atoms with Crippen LogP contribution >= 0.6 is 0 Å². The molecule has 1 aromatic carbocycles. The molecule has 11 heteroatoms. The molecule has 4 rings (SSSR count). The molecule has 0 bridgehead atoms. The van der Waals surface area contributed by atoms with E-state index in [1.165, 1.54) is 41.2 Å². The Kier molecular flexibility index (Phi) is 6.50. The van der Waals surface area contributed by atoms with E-state index in [0.717, 1.165) is 50.7 Å². The number of carbonyl (C=O) groups is 1. The molecular weight excluding hydrogens is 452 g/mol. The maximum absolute atomic E-state index is 12.8. The lowest BCUT2D eigenvalue weighted by Crippen LogP contribution is -2.32. The van der Waals surface area contributed by atoms with Crippen LogP contribution in [-0.4, -0.2) is 58.2 Å². The fraction of sp³-hybridized carbons (Fsp3) is 0.429. The number of nitrogens with zero attached hydrogens (tertiary/aromatic N) is 3. The minimum absolute atomic E-state index is 0.107. The van der Waals surface area contributed by atoms with Crippen molar-refractivity contribution < 1.29 is 21.6 Å². The van der Waals surface area contributed by atoms with Crippen LogP contribution in [0.25, 0.3) is 0 Å². The second-order valence-electron chi connectivity index (χ2n) is 7.97. The third-order valence-corrected chi connectivity index (χ3v) is 8.96. The number of carbonyl (C=O) groups excluding carboxylic acids is 1. The molecule has 1 amide bonds. The summed E-state index contributed by atoms with van der Waals surface area (Å²) in [6.45, 7) is 2.64. The largest absolute Gasteiger partial charge is 0.357 e. The molecule has 2 saturated heterocycles. The van der Waals surface area contributed by atoms with Crippen LogP contribution < -0.4 is 9.62 Å². The summed E-state index contributed by atoms with van der Waals surface area (Å²) in [5.74, 6) is -0.0700. The van der Waals surface area contributed by atoms with Gasteiger partial charge in [0.05, 0.1) is 15.4 Å². The molecule has 1 aromatic heterocycles. The van der Waals surface area contributed by atoms with Crippen molar-refractivity contribution in [2.24, 2.45) is 0 Å². The van der Waals surface area contributed by atoms with Crippen molar-refractivity contribution in [2.45, 2.75) is 41.9 Å². The Morgan fingerprint density at radius 1 is 0.844 bits per heavy atom. The van der Waals surface area contributed by atoms with Gasteiger partial charge < -0.3 is 4.90 Å². The smallest absolute Gasteiger partial charge is 0.266 e. The van der Waals surface area contributed by atoms with Gasteiger partial charge in [0.1, 0.15) is 5.82 Å². The zero-order valence-electron chi connectivity index (χ0n) is 17.6. The summed E-state index contributed by atoms with van der Waals surface area (Å²) < 4.78 is 54.4. The average molecular weight is 479 g/mol. The van der Waals surface area contributed by atoms with Gasteiger partial charge >= 0.3 is 0 Å². The Morgan fingerprint density at radius 2 is 1.50 bits per heavy atom. The molecule has 9 nitrogen and oxygen atoms in total. The summed E-state index contributed by atoms with van der Waals surface area (Å²) >= 11 is 0. The number of hydrogen-bond acceptors (Lipinski definition) is 7. The molecule has 0 unspecified atom stereocenters. The molecule has 2 fully saturated rings. The Morgan fingerprint density at radius 3 is 2.16 bits per heavy atom. The van der Waals surface area contributed by atoms with Crippen molar-refractivity contribution in [3.05, 3.63) is 48.2 Å². The van der Waals surface area contributed by atoms with E-state index in [1.807, 2.05) is 4.72 Å². The maximum Gasteiger partial charge on any atom is 0.266 e. The van der Waals surface area contributed by atoms with Crippen LogP contribution in [0.15, 0.2) is 52.4 Å². The molecular formula is C21H26N4O5S2. The van der Waals surface area contributed by atoms with E-state index < -0.39 is 26.0 Å². The lowest BCUT2D eigenvalue weighted by atomic mass is 10.1. The van der Waals surface area contributed by atoms with Crippen molar-refractivity contribution >= 4 is 31.8 Å². The SMILES string of the molecule is O=C(NS(=O)(=O)c1cccc(S(=O)(=O)N2CCCC2)c1)c1ccc(N2CCCCC2)nc1. The number of piperidine rings is 1. The summed E-state index contributed by atoms with van der Waals surface area (Å²) in [7, 11) is -8.04. The van der Waals surface area contributed by atoms with Gasteiger partial charge in [-0.15, -0.1) is 0 Å². The molecule has 1 N–H and O–H groups in total. The predicted octanol–water partition coefficient (Wildman–Crippen LogP) is 1.98. The van der Waals surface area contributed by atoms with Gasteiger partial charge in [-0.25, -0.2) is 26.5 Å². The number of nitrogens with one attached hydrogen (secondary N) is 1.